The number of nitrogens with one attached hydrogen (secondary N) is 1. The Morgan fingerprint density at radius 3 is 2.56 bits per heavy atom. The van der Waals surface area contributed by atoms with Crippen molar-refractivity contribution in [1.82, 2.24) is 4.72 Å². The Balaban J connectivity index is 2.05. The molecule has 108 valence electrons. The van der Waals surface area contributed by atoms with E-state index in [4.69, 9.17) is 9.84 Å². The van der Waals surface area contributed by atoms with Crippen molar-refractivity contribution >= 4 is 10.0 Å². The van der Waals surface area contributed by atoms with Crippen molar-refractivity contribution in [2.75, 3.05) is 25.5 Å². The zero-order valence-corrected chi connectivity index (χ0v) is 11.8. The quantitative estimate of drug-likeness (QED) is 0.618. The van der Waals surface area contributed by atoms with E-state index in [9.17, 15) is 8.42 Å². The lowest BCUT2D eigenvalue weighted by molar-refractivity contribution is 0.0321. The van der Waals surface area contributed by atoms with Gasteiger partial charge in [0.25, 0.3) is 0 Å². The van der Waals surface area contributed by atoms with Gasteiger partial charge in [0.05, 0.1) is 18.5 Å². The van der Waals surface area contributed by atoms with Gasteiger partial charge < -0.3 is 9.84 Å². The third kappa shape index (κ3) is 7.31. The zero-order valence-electron chi connectivity index (χ0n) is 10.9. The van der Waals surface area contributed by atoms with Crippen LogP contribution in [0.5, 0.6) is 0 Å². The van der Waals surface area contributed by atoms with Crippen LogP contribution >= 0.6 is 0 Å². The van der Waals surface area contributed by atoms with E-state index in [2.05, 4.69) is 4.72 Å². The van der Waals surface area contributed by atoms with Crippen molar-refractivity contribution in [2.24, 2.45) is 0 Å². The molecular formula is C12H25NO4S. The fourth-order valence-corrected chi connectivity index (χ4v) is 3.25. The summed E-state index contributed by atoms with van der Waals surface area (Å²) in [6.07, 6.45) is 7.27. The minimum Gasteiger partial charge on any atom is -0.396 e. The molecule has 0 spiro atoms. The first-order valence-electron chi connectivity index (χ1n) is 6.84. The van der Waals surface area contributed by atoms with Crippen LogP contribution in [0, 0.1) is 0 Å². The molecule has 0 atom stereocenters. The van der Waals surface area contributed by atoms with E-state index < -0.39 is 10.0 Å². The first-order valence-corrected chi connectivity index (χ1v) is 8.49. The molecule has 0 saturated heterocycles. The molecule has 0 aromatic heterocycles. The summed E-state index contributed by atoms with van der Waals surface area (Å²) in [4.78, 5) is 0. The summed E-state index contributed by atoms with van der Waals surface area (Å²) >= 11 is 0. The molecule has 1 rings (SSSR count). The van der Waals surface area contributed by atoms with Crippen molar-refractivity contribution in [1.29, 1.82) is 0 Å². The maximum atomic E-state index is 11.5. The molecule has 0 radical (unpaired) electrons. The molecule has 1 aliphatic rings. The molecule has 0 bridgehead atoms. The Morgan fingerprint density at radius 2 is 1.89 bits per heavy atom. The van der Waals surface area contributed by atoms with Gasteiger partial charge in [0.15, 0.2) is 0 Å². The molecule has 1 saturated carbocycles. The Hall–Kier alpha value is -0.170. The topological polar surface area (TPSA) is 75.6 Å². The average molecular weight is 279 g/mol. The van der Waals surface area contributed by atoms with Gasteiger partial charge in [-0.2, -0.15) is 0 Å². The van der Waals surface area contributed by atoms with Crippen LogP contribution in [0.1, 0.15) is 44.9 Å². The zero-order chi connectivity index (χ0) is 13.3. The minimum atomic E-state index is -3.20. The first kappa shape index (κ1) is 15.9. The number of ether oxygens (including phenoxy) is 1. The van der Waals surface area contributed by atoms with Crippen molar-refractivity contribution in [3.05, 3.63) is 0 Å². The summed E-state index contributed by atoms with van der Waals surface area (Å²) in [6.45, 7) is 0.835. The van der Waals surface area contributed by atoms with Crippen LogP contribution in [0.15, 0.2) is 0 Å². The molecule has 0 amide bonds. The van der Waals surface area contributed by atoms with Gasteiger partial charge in [0, 0.05) is 13.2 Å². The smallest absolute Gasteiger partial charge is 0.211 e. The van der Waals surface area contributed by atoms with Gasteiger partial charge in [-0.15, -0.1) is 0 Å². The van der Waals surface area contributed by atoms with E-state index in [0.29, 0.717) is 32.1 Å². The summed E-state index contributed by atoms with van der Waals surface area (Å²) in [5.74, 6) is 0.0803. The third-order valence-electron chi connectivity index (χ3n) is 3.15. The molecule has 0 heterocycles. The van der Waals surface area contributed by atoms with Crippen molar-refractivity contribution in [3.63, 3.8) is 0 Å². The third-order valence-corrected chi connectivity index (χ3v) is 4.62. The van der Waals surface area contributed by atoms with Crippen molar-refractivity contribution < 1.29 is 18.3 Å². The SMILES string of the molecule is O=S(=O)(CCCCO)NCCOC1CCCCC1. The molecule has 0 aliphatic heterocycles. The number of rotatable bonds is 9. The number of hydrogen-bond donors (Lipinski definition) is 2. The molecule has 0 unspecified atom stereocenters. The van der Waals surface area contributed by atoms with Crippen LogP contribution < -0.4 is 4.72 Å². The van der Waals surface area contributed by atoms with Crippen LogP contribution in [-0.4, -0.2) is 45.1 Å². The van der Waals surface area contributed by atoms with Gasteiger partial charge in [-0.25, -0.2) is 13.1 Å². The second-order valence-corrected chi connectivity index (χ2v) is 6.70. The molecule has 1 aliphatic carbocycles. The highest BCUT2D eigenvalue weighted by Gasteiger charge is 2.14. The second-order valence-electron chi connectivity index (χ2n) is 4.77. The number of hydrogen-bond acceptors (Lipinski definition) is 4. The molecule has 0 aromatic rings. The van der Waals surface area contributed by atoms with E-state index >= 15 is 0 Å². The lowest BCUT2D eigenvalue weighted by Crippen LogP contribution is -2.31. The van der Waals surface area contributed by atoms with Crippen LogP contribution in [0.4, 0.5) is 0 Å². The second kappa shape index (κ2) is 8.85. The summed E-state index contributed by atoms with van der Waals surface area (Å²) in [5, 5.41) is 8.59. The minimum absolute atomic E-state index is 0.0420. The largest absolute Gasteiger partial charge is 0.396 e. The summed E-state index contributed by atoms with van der Waals surface area (Å²) in [7, 11) is -3.20. The van der Waals surface area contributed by atoms with Gasteiger partial charge in [-0.05, 0) is 25.7 Å². The normalized spacial score (nSPS) is 18.1. The summed E-state index contributed by atoms with van der Waals surface area (Å²) in [6, 6.07) is 0. The Labute approximate surface area is 110 Å². The Bertz CT molecular complexity index is 299. The molecule has 6 heteroatoms. The van der Waals surface area contributed by atoms with Crippen LogP contribution in [0.3, 0.4) is 0 Å². The number of aliphatic hydroxyl groups is 1. The van der Waals surface area contributed by atoms with E-state index in [1.807, 2.05) is 0 Å². The number of aliphatic hydroxyl groups excluding tert-OH is 1. The maximum Gasteiger partial charge on any atom is 0.211 e. The number of sulfonamides is 1. The van der Waals surface area contributed by atoms with E-state index in [0.717, 1.165) is 12.8 Å². The predicted octanol–water partition coefficient (Wildman–Crippen LogP) is 1.03. The van der Waals surface area contributed by atoms with Gasteiger partial charge >= 0.3 is 0 Å². The van der Waals surface area contributed by atoms with Crippen molar-refractivity contribution in [3.8, 4) is 0 Å². The average Bonchev–Trinajstić information content (AvgIpc) is 2.36. The van der Waals surface area contributed by atoms with Crippen LogP contribution in [0.25, 0.3) is 0 Å². The molecule has 2 N–H and O–H groups in total. The highest BCUT2D eigenvalue weighted by molar-refractivity contribution is 7.89. The monoisotopic (exact) mass is 279 g/mol. The van der Waals surface area contributed by atoms with Gasteiger partial charge in [-0.3, -0.25) is 0 Å². The standard InChI is InChI=1S/C12H25NO4S/c14-9-4-5-11-18(15,16)13-8-10-17-12-6-2-1-3-7-12/h12-14H,1-11H2. The Kier molecular flexibility index (Phi) is 7.81. The van der Waals surface area contributed by atoms with Gasteiger partial charge in [-0.1, -0.05) is 19.3 Å². The molecule has 18 heavy (non-hydrogen) atoms. The number of unbranched alkanes of at least 4 members (excludes halogenated alkanes) is 1. The molecular weight excluding hydrogens is 254 g/mol. The van der Waals surface area contributed by atoms with Gasteiger partial charge in [0.2, 0.25) is 10.0 Å². The predicted molar refractivity (Wildman–Crippen MR) is 70.9 cm³/mol. The maximum absolute atomic E-state index is 11.5. The fraction of sp³-hybridized carbons (Fsp3) is 1.00. The van der Waals surface area contributed by atoms with Crippen molar-refractivity contribution in [2.45, 2.75) is 51.0 Å². The lowest BCUT2D eigenvalue weighted by Gasteiger charge is -2.21. The molecule has 1 fully saturated rings. The highest BCUT2D eigenvalue weighted by atomic mass is 32.2. The lowest BCUT2D eigenvalue weighted by atomic mass is 9.98. The van der Waals surface area contributed by atoms with Crippen LogP contribution in [-0.2, 0) is 14.8 Å². The van der Waals surface area contributed by atoms with Gasteiger partial charge in [0.1, 0.15) is 0 Å². The summed E-state index contributed by atoms with van der Waals surface area (Å²) in [5.41, 5.74) is 0. The fourth-order valence-electron chi connectivity index (χ4n) is 2.13. The Morgan fingerprint density at radius 1 is 1.17 bits per heavy atom. The van der Waals surface area contributed by atoms with E-state index in [1.165, 1.54) is 19.3 Å². The molecule has 5 nitrogen and oxygen atoms in total. The van der Waals surface area contributed by atoms with E-state index in [1.54, 1.807) is 0 Å². The molecule has 0 aromatic carbocycles. The van der Waals surface area contributed by atoms with Crippen LogP contribution in [0.2, 0.25) is 0 Å². The first-order chi connectivity index (χ1) is 8.64. The van der Waals surface area contributed by atoms with E-state index in [-0.39, 0.29) is 12.4 Å². The summed E-state index contributed by atoms with van der Waals surface area (Å²) < 4.78 is 31.2. The highest BCUT2D eigenvalue weighted by Crippen LogP contribution is 2.19.